The largest absolute Gasteiger partial charge is 0.468 e. The molecule has 1 atom stereocenters. The number of carbonyl (C=O) groups excluding carboxylic acids is 1. The molecule has 0 saturated carbocycles. The Balaban J connectivity index is 2.80. The molecule has 0 aliphatic rings. The number of methoxy groups -OCH3 is 1. The molecule has 5 heteroatoms. The molecule has 1 rings (SSSR count). The third-order valence-electron chi connectivity index (χ3n) is 1.95. The van der Waals surface area contributed by atoms with Crippen molar-refractivity contribution in [2.24, 2.45) is 5.73 Å². The number of halogens is 2. The molecular formula is C10H11Cl2NO2. The number of esters is 1. The Labute approximate surface area is 98.1 Å². The number of rotatable bonds is 3. The van der Waals surface area contributed by atoms with Crippen molar-refractivity contribution in [1.82, 2.24) is 0 Å². The van der Waals surface area contributed by atoms with E-state index in [1.165, 1.54) is 7.11 Å². The summed E-state index contributed by atoms with van der Waals surface area (Å²) in [6.45, 7) is 0. The molecule has 0 radical (unpaired) electrons. The summed E-state index contributed by atoms with van der Waals surface area (Å²) >= 11 is 11.7. The maximum Gasteiger partial charge on any atom is 0.322 e. The predicted molar refractivity (Wildman–Crippen MR) is 60.2 cm³/mol. The molecule has 0 heterocycles. The lowest BCUT2D eigenvalue weighted by Gasteiger charge is -2.10. The lowest BCUT2D eigenvalue weighted by Crippen LogP contribution is -2.33. The molecule has 0 spiro atoms. The number of benzene rings is 1. The van der Waals surface area contributed by atoms with Gasteiger partial charge in [-0.05, 0) is 30.2 Å². The van der Waals surface area contributed by atoms with Crippen molar-refractivity contribution >= 4 is 29.2 Å². The summed E-state index contributed by atoms with van der Waals surface area (Å²) < 4.78 is 4.51. The quantitative estimate of drug-likeness (QED) is 0.832. The Kier molecular flexibility index (Phi) is 4.39. The highest BCUT2D eigenvalue weighted by Gasteiger charge is 2.15. The van der Waals surface area contributed by atoms with Gasteiger partial charge in [-0.15, -0.1) is 0 Å². The number of hydrogen-bond acceptors (Lipinski definition) is 3. The third kappa shape index (κ3) is 3.38. The second kappa shape index (κ2) is 5.35. The van der Waals surface area contributed by atoms with E-state index in [0.717, 1.165) is 5.56 Å². The van der Waals surface area contributed by atoms with Gasteiger partial charge in [0.05, 0.1) is 7.11 Å². The van der Waals surface area contributed by atoms with E-state index in [0.29, 0.717) is 16.5 Å². The number of nitrogens with two attached hydrogens (primary N) is 1. The van der Waals surface area contributed by atoms with Crippen molar-refractivity contribution in [3.63, 3.8) is 0 Å². The molecule has 0 amide bonds. The minimum atomic E-state index is -0.717. The fourth-order valence-electron chi connectivity index (χ4n) is 1.17. The monoisotopic (exact) mass is 247 g/mol. The van der Waals surface area contributed by atoms with Crippen molar-refractivity contribution in [2.45, 2.75) is 12.5 Å². The van der Waals surface area contributed by atoms with Crippen LogP contribution in [0.5, 0.6) is 0 Å². The van der Waals surface area contributed by atoms with Gasteiger partial charge in [-0.3, -0.25) is 4.79 Å². The molecule has 0 aliphatic carbocycles. The lowest BCUT2D eigenvalue weighted by atomic mass is 10.1. The van der Waals surface area contributed by atoms with Gasteiger partial charge in [-0.25, -0.2) is 0 Å². The summed E-state index contributed by atoms with van der Waals surface area (Å²) in [5.74, 6) is -0.467. The predicted octanol–water partition coefficient (Wildman–Crippen LogP) is 2.04. The Morgan fingerprint density at radius 2 is 2.20 bits per heavy atom. The van der Waals surface area contributed by atoms with Crippen LogP contribution in [-0.4, -0.2) is 19.1 Å². The summed E-state index contributed by atoms with van der Waals surface area (Å²) in [5, 5.41) is 1.10. The van der Waals surface area contributed by atoms with E-state index in [-0.39, 0.29) is 0 Å². The summed E-state index contributed by atoms with van der Waals surface area (Å²) in [6.07, 6.45) is 0.312. The first kappa shape index (κ1) is 12.3. The molecule has 0 aliphatic heterocycles. The van der Waals surface area contributed by atoms with Gasteiger partial charge >= 0.3 is 5.97 Å². The SMILES string of the molecule is COC(=O)[C@H](N)Cc1cc(Cl)ccc1Cl. The summed E-state index contributed by atoms with van der Waals surface area (Å²) in [6, 6.07) is 4.32. The van der Waals surface area contributed by atoms with Gasteiger partial charge in [0, 0.05) is 10.0 Å². The van der Waals surface area contributed by atoms with E-state index in [1.807, 2.05) is 0 Å². The molecule has 2 N–H and O–H groups in total. The minimum absolute atomic E-state index is 0.312. The highest BCUT2D eigenvalue weighted by Crippen LogP contribution is 2.21. The maximum atomic E-state index is 11.1. The first-order valence-electron chi connectivity index (χ1n) is 4.32. The van der Waals surface area contributed by atoms with E-state index < -0.39 is 12.0 Å². The number of hydrogen-bond donors (Lipinski definition) is 1. The Morgan fingerprint density at radius 1 is 1.53 bits per heavy atom. The van der Waals surface area contributed by atoms with Gasteiger partial charge in [-0.2, -0.15) is 0 Å². The first-order valence-corrected chi connectivity index (χ1v) is 5.07. The fourth-order valence-corrected chi connectivity index (χ4v) is 1.56. The number of carbonyl (C=O) groups is 1. The van der Waals surface area contributed by atoms with Crippen molar-refractivity contribution in [3.05, 3.63) is 33.8 Å². The van der Waals surface area contributed by atoms with Crippen LogP contribution in [0.3, 0.4) is 0 Å². The third-order valence-corrected chi connectivity index (χ3v) is 2.56. The Bertz CT molecular complexity index is 368. The van der Waals surface area contributed by atoms with E-state index in [2.05, 4.69) is 4.74 Å². The molecule has 0 aromatic heterocycles. The van der Waals surface area contributed by atoms with Crippen LogP contribution in [0, 0.1) is 0 Å². The second-order valence-corrected chi connectivity index (χ2v) is 3.91. The van der Waals surface area contributed by atoms with Gasteiger partial charge in [0.2, 0.25) is 0 Å². The van der Waals surface area contributed by atoms with Crippen molar-refractivity contribution in [2.75, 3.05) is 7.11 Å². The first-order chi connectivity index (χ1) is 7.04. The van der Waals surface area contributed by atoms with Crippen LogP contribution in [0.4, 0.5) is 0 Å². The van der Waals surface area contributed by atoms with Crippen LogP contribution in [0.2, 0.25) is 10.0 Å². The van der Waals surface area contributed by atoms with Gasteiger partial charge in [0.25, 0.3) is 0 Å². The average Bonchev–Trinajstić information content (AvgIpc) is 2.22. The molecule has 1 aromatic rings. The van der Waals surface area contributed by atoms with Crippen molar-refractivity contribution in [1.29, 1.82) is 0 Å². The van der Waals surface area contributed by atoms with Crippen LogP contribution in [0.25, 0.3) is 0 Å². The lowest BCUT2D eigenvalue weighted by molar-refractivity contribution is -0.142. The Morgan fingerprint density at radius 3 is 2.80 bits per heavy atom. The van der Waals surface area contributed by atoms with Gasteiger partial charge in [-0.1, -0.05) is 23.2 Å². The molecule has 0 unspecified atom stereocenters. The highest BCUT2D eigenvalue weighted by atomic mass is 35.5. The highest BCUT2D eigenvalue weighted by molar-refractivity contribution is 6.33. The smallest absolute Gasteiger partial charge is 0.322 e. The van der Waals surface area contributed by atoms with E-state index in [4.69, 9.17) is 28.9 Å². The normalized spacial score (nSPS) is 12.3. The zero-order chi connectivity index (χ0) is 11.4. The van der Waals surface area contributed by atoms with Crippen LogP contribution in [0.1, 0.15) is 5.56 Å². The van der Waals surface area contributed by atoms with Crippen LogP contribution in [-0.2, 0) is 16.0 Å². The molecule has 82 valence electrons. The van der Waals surface area contributed by atoms with Crippen molar-refractivity contribution in [3.8, 4) is 0 Å². The zero-order valence-corrected chi connectivity index (χ0v) is 9.68. The molecule has 0 bridgehead atoms. The summed E-state index contributed by atoms with van der Waals surface area (Å²) in [7, 11) is 1.29. The van der Waals surface area contributed by atoms with Gasteiger partial charge in [0.15, 0.2) is 0 Å². The van der Waals surface area contributed by atoms with Crippen LogP contribution in [0.15, 0.2) is 18.2 Å². The Hall–Kier alpha value is -0.770. The van der Waals surface area contributed by atoms with Crippen molar-refractivity contribution < 1.29 is 9.53 Å². The zero-order valence-electron chi connectivity index (χ0n) is 8.17. The summed E-state index contributed by atoms with van der Waals surface area (Å²) in [4.78, 5) is 11.1. The van der Waals surface area contributed by atoms with E-state index in [1.54, 1.807) is 18.2 Å². The average molecular weight is 248 g/mol. The molecule has 0 saturated heterocycles. The fraction of sp³-hybridized carbons (Fsp3) is 0.300. The summed E-state index contributed by atoms with van der Waals surface area (Å²) in [5.41, 5.74) is 6.34. The van der Waals surface area contributed by atoms with E-state index in [9.17, 15) is 4.79 Å². The van der Waals surface area contributed by atoms with Crippen LogP contribution < -0.4 is 5.73 Å². The van der Waals surface area contributed by atoms with Gasteiger partial charge < -0.3 is 10.5 Å². The van der Waals surface area contributed by atoms with E-state index >= 15 is 0 Å². The minimum Gasteiger partial charge on any atom is -0.468 e. The molecular weight excluding hydrogens is 237 g/mol. The molecule has 3 nitrogen and oxygen atoms in total. The molecule has 0 fully saturated rings. The topological polar surface area (TPSA) is 52.3 Å². The maximum absolute atomic E-state index is 11.1. The molecule has 15 heavy (non-hydrogen) atoms. The second-order valence-electron chi connectivity index (χ2n) is 3.07. The molecule has 1 aromatic carbocycles. The van der Waals surface area contributed by atoms with Crippen LogP contribution >= 0.6 is 23.2 Å². The number of ether oxygens (including phenoxy) is 1. The standard InChI is InChI=1S/C10H11Cl2NO2/c1-15-10(14)9(13)5-6-4-7(11)2-3-8(6)12/h2-4,9H,5,13H2,1H3/t9-/m1/s1. The van der Waals surface area contributed by atoms with Gasteiger partial charge in [0.1, 0.15) is 6.04 Å².